The normalized spacial score (nSPS) is 15.7. The number of hydrogen-bond donors (Lipinski definition) is 1. The fraction of sp³-hybridized carbons (Fsp3) is 0.667. The maximum absolute atomic E-state index is 11.6. The van der Waals surface area contributed by atoms with Gasteiger partial charge in [-0.05, 0) is 32.8 Å². The highest BCUT2D eigenvalue weighted by Crippen LogP contribution is 2.18. The summed E-state index contributed by atoms with van der Waals surface area (Å²) in [5.41, 5.74) is 0.872. The molecular formula is C12H19N3O. The number of carbonyl (C=O) groups is 1. The van der Waals surface area contributed by atoms with Crippen LogP contribution in [-0.4, -0.2) is 28.2 Å². The summed E-state index contributed by atoms with van der Waals surface area (Å²) < 4.78 is 1.89. The van der Waals surface area contributed by atoms with Crippen molar-refractivity contribution in [3.05, 3.63) is 18.0 Å². The van der Waals surface area contributed by atoms with Crippen LogP contribution in [0.4, 0.5) is 0 Å². The molecule has 0 saturated heterocycles. The molecule has 1 fully saturated rings. The van der Waals surface area contributed by atoms with E-state index in [1.54, 1.807) is 0 Å². The van der Waals surface area contributed by atoms with Crippen LogP contribution in [0.25, 0.3) is 0 Å². The second-order valence-corrected chi connectivity index (χ2v) is 4.75. The monoisotopic (exact) mass is 221 g/mol. The highest BCUT2D eigenvalue weighted by Gasteiger charge is 2.21. The van der Waals surface area contributed by atoms with Crippen LogP contribution in [0.5, 0.6) is 0 Å². The molecule has 1 saturated carbocycles. The lowest BCUT2D eigenvalue weighted by Gasteiger charge is -2.04. The van der Waals surface area contributed by atoms with Gasteiger partial charge in [0.15, 0.2) is 5.78 Å². The lowest BCUT2D eigenvalue weighted by atomic mass is 10.2. The lowest BCUT2D eigenvalue weighted by molar-refractivity contribution is -0.117. The number of aromatic nitrogens is 2. The molecule has 1 aromatic rings. The van der Waals surface area contributed by atoms with Crippen LogP contribution >= 0.6 is 0 Å². The summed E-state index contributed by atoms with van der Waals surface area (Å²) in [6.07, 6.45) is 4.81. The fourth-order valence-corrected chi connectivity index (χ4v) is 1.57. The first-order valence-corrected chi connectivity index (χ1v) is 5.94. The van der Waals surface area contributed by atoms with E-state index < -0.39 is 0 Å². The zero-order valence-corrected chi connectivity index (χ0v) is 9.94. The van der Waals surface area contributed by atoms with E-state index in [2.05, 4.69) is 24.3 Å². The molecule has 4 heteroatoms. The van der Waals surface area contributed by atoms with Gasteiger partial charge in [-0.25, -0.2) is 0 Å². The molecular weight excluding hydrogens is 202 g/mol. The van der Waals surface area contributed by atoms with E-state index in [1.807, 2.05) is 16.9 Å². The van der Waals surface area contributed by atoms with Gasteiger partial charge in [-0.15, -0.1) is 0 Å². The molecule has 0 amide bonds. The molecule has 2 rings (SSSR count). The first-order valence-electron chi connectivity index (χ1n) is 5.94. The SMILES string of the molecule is CC(C)n1ccc(CC(=O)CNC2CC2)n1. The van der Waals surface area contributed by atoms with Crippen molar-refractivity contribution in [2.24, 2.45) is 0 Å². The molecule has 0 aromatic carbocycles. The maximum Gasteiger partial charge on any atom is 0.152 e. The standard InChI is InChI=1S/C12H19N3O/c1-9(2)15-6-5-11(14-15)7-12(16)8-13-10-3-4-10/h5-6,9-10,13H,3-4,7-8H2,1-2H3. The van der Waals surface area contributed by atoms with Crippen molar-refractivity contribution in [1.29, 1.82) is 0 Å². The minimum Gasteiger partial charge on any atom is -0.307 e. The van der Waals surface area contributed by atoms with Gasteiger partial charge in [0.05, 0.1) is 18.7 Å². The number of carbonyl (C=O) groups excluding carboxylic acids is 1. The molecule has 1 heterocycles. The fourth-order valence-electron chi connectivity index (χ4n) is 1.57. The number of rotatable bonds is 6. The van der Waals surface area contributed by atoms with Crippen molar-refractivity contribution in [2.45, 2.75) is 45.2 Å². The molecule has 88 valence electrons. The van der Waals surface area contributed by atoms with Gasteiger partial charge in [0.1, 0.15) is 0 Å². The molecule has 0 radical (unpaired) electrons. The van der Waals surface area contributed by atoms with Crippen LogP contribution in [0.3, 0.4) is 0 Å². The smallest absolute Gasteiger partial charge is 0.152 e. The lowest BCUT2D eigenvalue weighted by Crippen LogP contribution is -2.26. The Morgan fingerprint density at radius 3 is 2.94 bits per heavy atom. The van der Waals surface area contributed by atoms with E-state index in [9.17, 15) is 4.79 Å². The Hall–Kier alpha value is -1.16. The van der Waals surface area contributed by atoms with Gasteiger partial charge in [0.2, 0.25) is 0 Å². The van der Waals surface area contributed by atoms with E-state index in [0.29, 0.717) is 25.0 Å². The van der Waals surface area contributed by atoms with E-state index >= 15 is 0 Å². The van der Waals surface area contributed by atoms with E-state index in [0.717, 1.165) is 5.69 Å². The number of Topliss-reactive ketones (excluding diaryl/α,β-unsaturated/α-hetero) is 1. The maximum atomic E-state index is 11.6. The molecule has 0 unspecified atom stereocenters. The van der Waals surface area contributed by atoms with E-state index in [1.165, 1.54) is 12.8 Å². The Bertz CT molecular complexity index is 366. The van der Waals surface area contributed by atoms with Crippen molar-refractivity contribution in [3.63, 3.8) is 0 Å². The molecule has 0 bridgehead atoms. The number of nitrogens with one attached hydrogen (secondary N) is 1. The van der Waals surface area contributed by atoms with Crippen LogP contribution in [0.2, 0.25) is 0 Å². The molecule has 16 heavy (non-hydrogen) atoms. The van der Waals surface area contributed by atoms with Gasteiger partial charge < -0.3 is 5.32 Å². The van der Waals surface area contributed by atoms with Crippen molar-refractivity contribution < 1.29 is 4.79 Å². The van der Waals surface area contributed by atoms with Crippen molar-refractivity contribution >= 4 is 5.78 Å². The van der Waals surface area contributed by atoms with E-state index in [4.69, 9.17) is 0 Å². The van der Waals surface area contributed by atoms with Gasteiger partial charge in [0.25, 0.3) is 0 Å². The van der Waals surface area contributed by atoms with Gasteiger partial charge in [-0.2, -0.15) is 5.10 Å². The van der Waals surface area contributed by atoms with Crippen LogP contribution < -0.4 is 5.32 Å². The Kier molecular flexibility index (Phi) is 3.39. The first-order chi connectivity index (χ1) is 7.65. The Morgan fingerprint density at radius 2 is 2.38 bits per heavy atom. The van der Waals surface area contributed by atoms with Gasteiger partial charge in [0, 0.05) is 18.3 Å². The third kappa shape index (κ3) is 3.17. The third-order valence-corrected chi connectivity index (χ3v) is 2.74. The summed E-state index contributed by atoms with van der Waals surface area (Å²) in [6.45, 7) is 4.64. The van der Waals surface area contributed by atoms with Crippen LogP contribution in [0, 0.1) is 0 Å². The topological polar surface area (TPSA) is 46.9 Å². The number of hydrogen-bond acceptors (Lipinski definition) is 3. The molecule has 1 aromatic heterocycles. The average molecular weight is 221 g/mol. The molecule has 0 spiro atoms. The largest absolute Gasteiger partial charge is 0.307 e. The summed E-state index contributed by atoms with van der Waals surface area (Å²) in [4.78, 5) is 11.6. The van der Waals surface area contributed by atoms with Crippen LogP contribution in [0.1, 0.15) is 38.4 Å². The highest BCUT2D eigenvalue weighted by molar-refractivity contribution is 5.82. The average Bonchev–Trinajstić information content (AvgIpc) is 2.95. The zero-order valence-electron chi connectivity index (χ0n) is 9.94. The number of ketones is 1. The van der Waals surface area contributed by atoms with Gasteiger partial charge in [-0.1, -0.05) is 0 Å². The molecule has 0 aliphatic heterocycles. The summed E-state index contributed by atoms with van der Waals surface area (Å²) in [6, 6.07) is 2.88. The van der Waals surface area contributed by atoms with Crippen molar-refractivity contribution in [1.82, 2.24) is 15.1 Å². The van der Waals surface area contributed by atoms with Crippen molar-refractivity contribution in [2.75, 3.05) is 6.54 Å². The van der Waals surface area contributed by atoms with Gasteiger partial charge in [-0.3, -0.25) is 9.48 Å². The summed E-state index contributed by atoms with van der Waals surface area (Å²) >= 11 is 0. The third-order valence-electron chi connectivity index (χ3n) is 2.74. The Labute approximate surface area is 96.0 Å². The predicted molar refractivity (Wildman–Crippen MR) is 62.3 cm³/mol. The van der Waals surface area contributed by atoms with Crippen LogP contribution in [0.15, 0.2) is 12.3 Å². The molecule has 4 nitrogen and oxygen atoms in total. The minimum atomic E-state index is 0.223. The van der Waals surface area contributed by atoms with Gasteiger partial charge >= 0.3 is 0 Å². The van der Waals surface area contributed by atoms with E-state index in [-0.39, 0.29) is 5.78 Å². The Balaban J connectivity index is 1.79. The summed E-state index contributed by atoms with van der Waals surface area (Å²) in [7, 11) is 0. The minimum absolute atomic E-state index is 0.223. The quantitative estimate of drug-likeness (QED) is 0.788. The van der Waals surface area contributed by atoms with Crippen LogP contribution in [-0.2, 0) is 11.2 Å². The second kappa shape index (κ2) is 4.78. The zero-order chi connectivity index (χ0) is 11.5. The second-order valence-electron chi connectivity index (χ2n) is 4.75. The Morgan fingerprint density at radius 1 is 1.62 bits per heavy atom. The molecule has 1 aliphatic rings. The highest BCUT2D eigenvalue weighted by atomic mass is 16.1. The molecule has 0 atom stereocenters. The first kappa shape index (κ1) is 11.3. The number of nitrogens with zero attached hydrogens (tertiary/aromatic N) is 2. The molecule has 1 N–H and O–H groups in total. The summed E-state index contributed by atoms with van der Waals surface area (Å²) in [5.74, 6) is 0.223. The molecule has 1 aliphatic carbocycles. The summed E-state index contributed by atoms with van der Waals surface area (Å²) in [5, 5.41) is 7.58. The van der Waals surface area contributed by atoms with Crippen molar-refractivity contribution in [3.8, 4) is 0 Å². The predicted octanol–water partition coefficient (Wildman–Crippen LogP) is 1.33.